The van der Waals surface area contributed by atoms with Crippen LogP contribution in [0.3, 0.4) is 0 Å². The number of hydrogen-bond acceptors (Lipinski definition) is 6. The summed E-state index contributed by atoms with van der Waals surface area (Å²) in [6.07, 6.45) is 0. The predicted octanol–water partition coefficient (Wildman–Crippen LogP) is 3.51. The van der Waals surface area contributed by atoms with E-state index in [1.807, 2.05) is 0 Å². The highest BCUT2D eigenvalue weighted by Gasteiger charge is 2.21. The van der Waals surface area contributed by atoms with Crippen molar-refractivity contribution in [3.8, 4) is 17.2 Å². The fraction of sp³-hybridized carbons (Fsp3) is 0.222. The second-order valence-corrected chi connectivity index (χ2v) is 5.74. The standard InChI is InChI=1S/C18H17BrO6/c1-22-14-8-7-11(9-12(14)19)13(20)10-25-18(21)17-15(23-2)5-4-6-16(17)24-3/h4-9H,10H2,1-3H3. The van der Waals surface area contributed by atoms with Gasteiger partial charge >= 0.3 is 5.97 Å². The molecule has 132 valence electrons. The SMILES string of the molecule is COc1ccc(C(=O)COC(=O)c2c(OC)cccc2OC)cc1Br. The van der Waals surface area contributed by atoms with Gasteiger partial charge in [0.2, 0.25) is 0 Å². The Balaban J connectivity index is 2.12. The van der Waals surface area contributed by atoms with Crippen LogP contribution >= 0.6 is 15.9 Å². The van der Waals surface area contributed by atoms with Crippen LogP contribution in [0.1, 0.15) is 20.7 Å². The Bertz CT molecular complexity index is 765. The number of ether oxygens (including phenoxy) is 4. The summed E-state index contributed by atoms with van der Waals surface area (Å²) in [6, 6.07) is 9.78. The topological polar surface area (TPSA) is 71.1 Å². The summed E-state index contributed by atoms with van der Waals surface area (Å²) in [5, 5.41) is 0. The molecule has 0 saturated carbocycles. The molecule has 2 rings (SSSR count). The Morgan fingerprint density at radius 2 is 1.52 bits per heavy atom. The van der Waals surface area contributed by atoms with Crippen LogP contribution in [-0.4, -0.2) is 39.7 Å². The molecule has 0 bridgehead atoms. The van der Waals surface area contributed by atoms with Crippen molar-refractivity contribution in [1.29, 1.82) is 0 Å². The molecule has 0 N–H and O–H groups in total. The van der Waals surface area contributed by atoms with E-state index < -0.39 is 12.6 Å². The average molecular weight is 409 g/mol. The Morgan fingerprint density at radius 3 is 2.04 bits per heavy atom. The lowest BCUT2D eigenvalue weighted by atomic mass is 10.1. The summed E-state index contributed by atoms with van der Waals surface area (Å²) in [5.41, 5.74) is 0.531. The zero-order chi connectivity index (χ0) is 18.4. The first-order valence-electron chi connectivity index (χ1n) is 7.26. The smallest absolute Gasteiger partial charge is 0.346 e. The molecule has 7 heteroatoms. The van der Waals surface area contributed by atoms with Gasteiger partial charge in [-0.3, -0.25) is 4.79 Å². The largest absolute Gasteiger partial charge is 0.496 e. The van der Waals surface area contributed by atoms with Gasteiger partial charge in [-0.2, -0.15) is 0 Å². The Hall–Kier alpha value is -2.54. The van der Waals surface area contributed by atoms with Crippen LogP contribution in [0.2, 0.25) is 0 Å². The maximum atomic E-state index is 12.3. The van der Waals surface area contributed by atoms with Crippen LogP contribution in [-0.2, 0) is 4.74 Å². The predicted molar refractivity (Wildman–Crippen MR) is 94.9 cm³/mol. The number of rotatable bonds is 7. The number of halogens is 1. The van der Waals surface area contributed by atoms with Crippen molar-refractivity contribution in [2.45, 2.75) is 0 Å². The highest BCUT2D eigenvalue weighted by atomic mass is 79.9. The molecule has 0 atom stereocenters. The van der Waals surface area contributed by atoms with Crippen LogP contribution in [0.5, 0.6) is 17.2 Å². The molecule has 0 aliphatic carbocycles. The van der Waals surface area contributed by atoms with Gasteiger partial charge < -0.3 is 18.9 Å². The van der Waals surface area contributed by atoms with Crippen molar-refractivity contribution < 1.29 is 28.5 Å². The zero-order valence-corrected chi connectivity index (χ0v) is 15.6. The monoisotopic (exact) mass is 408 g/mol. The zero-order valence-electron chi connectivity index (χ0n) is 14.0. The normalized spacial score (nSPS) is 10.1. The highest BCUT2D eigenvalue weighted by Crippen LogP contribution is 2.29. The molecule has 0 aromatic heterocycles. The molecule has 0 fully saturated rings. The average Bonchev–Trinajstić information content (AvgIpc) is 2.64. The van der Waals surface area contributed by atoms with E-state index >= 15 is 0 Å². The van der Waals surface area contributed by atoms with E-state index in [9.17, 15) is 9.59 Å². The number of methoxy groups -OCH3 is 3. The number of carbonyl (C=O) groups excluding carboxylic acids is 2. The van der Waals surface area contributed by atoms with Gasteiger partial charge in [0.1, 0.15) is 22.8 Å². The van der Waals surface area contributed by atoms with Crippen molar-refractivity contribution >= 4 is 27.7 Å². The van der Waals surface area contributed by atoms with Crippen LogP contribution in [0, 0.1) is 0 Å². The lowest BCUT2D eigenvalue weighted by molar-refractivity contribution is 0.0468. The molecule has 2 aromatic rings. The summed E-state index contributed by atoms with van der Waals surface area (Å²) >= 11 is 3.31. The molecule has 0 spiro atoms. The second-order valence-electron chi connectivity index (χ2n) is 4.89. The molecule has 0 unspecified atom stereocenters. The van der Waals surface area contributed by atoms with Crippen LogP contribution in [0.25, 0.3) is 0 Å². The summed E-state index contributed by atoms with van der Waals surface area (Å²) in [6.45, 7) is -0.404. The fourth-order valence-corrected chi connectivity index (χ4v) is 2.72. The molecule has 6 nitrogen and oxygen atoms in total. The minimum Gasteiger partial charge on any atom is -0.496 e. The molecule has 0 radical (unpaired) electrons. The number of Topliss-reactive ketones (excluding diaryl/α,β-unsaturated/α-hetero) is 1. The summed E-state index contributed by atoms with van der Waals surface area (Å²) < 4.78 is 21.2. The van der Waals surface area contributed by atoms with Crippen molar-refractivity contribution in [2.24, 2.45) is 0 Å². The third-order valence-corrected chi connectivity index (χ3v) is 4.06. The minimum absolute atomic E-state index is 0.135. The highest BCUT2D eigenvalue weighted by molar-refractivity contribution is 9.10. The maximum Gasteiger partial charge on any atom is 0.346 e. The van der Waals surface area contributed by atoms with Gasteiger partial charge in [-0.15, -0.1) is 0 Å². The number of ketones is 1. The first-order valence-corrected chi connectivity index (χ1v) is 8.06. The van der Waals surface area contributed by atoms with Gasteiger partial charge in [0.25, 0.3) is 0 Å². The van der Waals surface area contributed by atoms with Crippen LogP contribution in [0.15, 0.2) is 40.9 Å². The first kappa shape index (κ1) is 18.8. The third kappa shape index (κ3) is 4.30. The molecule has 0 heterocycles. The lowest BCUT2D eigenvalue weighted by Gasteiger charge is -2.12. The Labute approximate surface area is 153 Å². The third-order valence-electron chi connectivity index (χ3n) is 3.44. The van der Waals surface area contributed by atoms with Gasteiger partial charge in [-0.05, 0) is 46.3 Å². The van der Waals surface area contributed by atoms with Gasteiger partial charge in [0.15, 0.2) is 12.4 Å². The van der Waals surface area contributed by atoms with E-state index in [1.165, 1.54) is 21.3 Å². The number of hydrogen-bond donors (Lipinski definition) is 0. The van der Waals surface area contributed by atoms with E-state index in [2.05, 4.69) is 15.9 Å². The molecule has 25 heavy (non-hydrogen) atoms. The molecule has 0 amide bonds. The van der Waals surface area contributed by atoms with E-state index in [4.69, 9.17) is 18.9 Å². The molecule has 0 saturated heterocycles. The number of esters is 1. The Morgan fingerprint density at radius 1 is 0.920 bits per heavy atom. The summed E-state index contributed by atoms with van der Waals surface area (Å²) in [4.78, 5) is 24.6. The number of carbonyl (C=O) groups is 2. The van der Waals surface area contributed by atoms with Gasteiger partial charge in [0.05, 0.1) is 25.8 Å². The number of benzene rings is 2. The van der Waals surface area contributed by atoms with Gasteiger partial charge in [0, 0.05) is 5.56 Å². The molecule has 0 aliphatic heterocycles. The summed E-state index contributed by atoms with van der Waals surface area (Å²) in [5.74, 6) is 0.182. The second kappa shape index (κ2) is 8.53. The lowest BCUT2D eigenvalue weighted by Crippen LogP contribution is -2.15. The van der Waals surface area contributed by atoms with Crippen molar-refractivity contribution in [3.63, 3.8) is 0 Å². The molecule has 2 aromatic carbocycles. The first-order chi connectivity index (χ1) is 12.0. The van der Waals surface area contributed by atoms with E-state index in [0.29, 0.717) is 27.3 Å². The van der Waals surface area contributed by atoms with E-state index in [-0.39, 0.29) is 11.3 Å². The van der Waals surface area contributed by atoms with Crippen LogP contribution < -0.4 is 14.2 Å². The fourth-order valence-electron chi connectivity index (χ4n) is 2.18. The Kier molecular flexibility index (Phi) is 6.41. The summed E-state index contributed by atoms with van der Waals surface area (Å²) in [7, 11) is 4.40. The molecular weight excluding hydrogens is 392 g/mol. The van der Waals surface area contributed by atoms with Crippen LogP contribution in [0.4, 0.5) is 0 Å². The van der Waals surface area contributed by atoms with Gasteiger partial charge in [-0.25, -0.2) is 4.79 Å². The van der Waals surface area contributed by atoms with E-state index in [0.717, 1.165) is 0 Å². The van der Waals surface area contributed by atoms with Crippen molar-refractivity contribution in [3.05, 3.63) is 52.0 Å². The minimum atomic E-state index is -0.699. The molecule has 0 aliphatic rings. The van der Waals surface area contributed by atoms with Gasteiger partial charge in [-0.1, -0.05) is 6.07 Å². The maximum absolute atomic E-state index is 12.3. The quantitative estimate of drug-likeness (QED) is 0.515. The van der Waals surface area contributed by atoms with Crippen molar-refractivity contribution in [1.82, 2.24) is 0 Å². The molecular formula is C18H17BrO6. The van der Waals surface area contributed by atoms with E-state index in [1.54, 1.807) is 36.4 Å². The van der Waals surface area contributed by atoms with Crippen molar-refractivity contribution in [2.75, 3.05) is 27.9 Å².